The van der Waals surface area contributed by atoms with Crippen LogP contribution in [0.3, 0.4) is 0 Å². The largest absolute Gasteiger partial charge is 0.370 e. The lowest BCUT2D eigenvalue weighted by Gasteiger charge is -2.44. The third kappa shape index (κ3) is 2.28. The number of nitrogens with zero attached hydrogens (tertiary/aromatic N) is 2. The molecule has 0 aromatic rings. The molecule has 1 aliphatic carbocycles. The molecule has 1 heterocycles. The number of likely N-dealkylation sites (tertiary alicyclic amines) is 1. The summed E-state index contributed by atoms with van der Waals surface area (Å²) in [6.07, 6.45) is 7.56. The Morgan fingerprint density at radius 1 is 1.12 bits per heavy atom. The van der Waals surface area contributed by atoms with Gasteiger partial charge in [-0.1, -0.05) is 12.8 Å². The van der Waals surface area contributed by atoms with Gasteiger partial charge in [0.15, 0.2) is 5.96 Å². The van der Waals surface area contributed by atoms with Gasteiger partial charge in [-0.2, -0.15) is 4.99 Å². The minimum Gasteiger partial charge on any atom is -0.370 e. The van der Waals surface area contributed by atoms with Crippen molar-refractivity contribution in [2.75, 3.05) is 6.54 Å². The van der Waals surface area contributed by atoms with Gasteiger partial charge in [0, 0.05) is 12.6 Å². The van der Waals surface area contributed by atoms with Crippen molar-refractivity contribution in [3.63, 3.8) is 0 Å². The number of hydrogen-bond acceptors (Lipinski definition) is 1. The Balaban J connectivity index is 2.07. The van der Waals surface area contributed by atoms with Crippen molar-refractivity contribution in [1.82, 2.24) is 4.90 Å². The normalized spacial score (nSPS) is 29.4. The summed E-state index contributed by atoms with van der Waals surface area (Å²) in [5.41, 5.74) is 10.7. The van der Waals surface area contributed by atoms with Gasteiger partial charge in [-0.05, 0) is 31.6 Å². The molecule has 90 valence electrons. The summed E-state index contributed by atoms with van der Waals surface area (Å²) in [5, 5.41) is 7.91. The smallest absolute Gasteiger partial charge is 0.221 e. The molecule has 2 rings (SSSR count). The predicted octanol–water partition coefficient (Wildman–Crippen LogP) is 0.849. The highest BCUT2D eigenvalue weighted by molar-refractivity contribution is 5.91. The summed E-state index contributed by atoms with van der Waals surface area (Å²) in [6, 6.07) is 0.498. The fraction of sp³-hybridized carbons (Fsp3) is 0.818. The summed E-state index contributed by atoms with van der Waals surface area (Å²) in [4.78, 5) is 5.96. The van der Waals surface area contributed by atoms with E-state index in [1.165, 1.54) is 32.1 Å². The molecular weight excluding hydrogens is 202 g/mol. The molecule has 0 spiro atoms. The van der Waals surface area contributed by atoms with Gasteiger partial charge in [-0.3, -0.25) is 5.41 Å². The first-order chi connectivity index (χ1) is 7.68. The Hall–Kier alpha value is -1.26. The monoisotopic (exact) mass is 223 g/mol. The SMILES string of the molecule is N=C(N=C(N)N)N1CCCC2CCCCC21. The highest BCUT2D eigenvalue weighted by Gasteiger charge is 2.34. The van der Waals surface area contributed by atoms with Crippen LogP contribution >= 0.6 is 0 Å². The van der Waals surface area contributed by atoms with Crippen LogP contribution in [0.15, 0.2) is 4.99 Å². The molecule has 5 heteroatoms. The first-order valence-corrected chi connectivity index (χ1v) is 6.13. The molecular formula is C11H21N5. The van der Waals surface area contributed by atoms with Crippen LogP contribution in [0.5, 0.6) is 0 Å². The van der Waals surface area contributed by atoms with Crippen molar-refractivity contribution in [3.8, 4) is 0 Å². The van der Waals surface area contributed by atoms with Crippen LogP contribution in [-0.2, 0) is 0 Å². The van der Waals surface area contributed by atoms with E-state index < -0.39 is 0 Å². The van der Waals surface area contributed by atoms with E-state index in [0.29, 0.717) is 6.04 Å². The van der Waals surface area contributed by atoms with Gasteiger partial charge < -0.3 is 16.4 Å². The second-order valence-electron chi connectivity index (χ2n) is 4.81. The van der Waals surface area contributed by atoms with E-state index in [9.17, 15) is 0 Å². The van der Waals surface area contributed by atoms with Crippen LogP contribution in [-0.4, -0.2) is 29.4 Å². The lowest BCUT2D eigenvalue weighted by atomic mass is 9.78. The predicted molar refractivity (Wildman–Crippen MR) is 65.2 cm³/mol. The minimum absolute atomic E-state index is 0.0112. The lowest BCUT2D eigenvalue weighted by molar-refractivity contribution is 0.117. The maximum atomic E-state index is 7.91. The summed E-state index contributed by atoms with van der Waals surface area (Å²) in [6.45, 7) is 0.927. The topological polar surface area (TPSA) is 91.5 Å². The van der Waals surface area contributed by atoms with Crippen LogP contribution in [0.25, 0.3) is 0 Å². The van der Waals surface area contributed by atoms with Gasteiger partial charge in [0.25, 0.3) is 0 Å². The van der Waals surface area contributed by atoms with Gasteiger partial charge in [0.1, 0.15) is 0 Å². The van der Waals surface area contributed by atoms with E-state index in [-0.39, 0.29) is 11.9 Å². The van der Waals surface area contributed by atoms with Crippen molar-refractivity contribution >= 4 is 11.9 Å². The third-order valence-electron chi connectivity index (χ3n) is 3.75. The van der Waals surface area contributed by atoms with Crippen LogP contribution < -0.4 is 11.5 Å². The molecule has 2 atom stereocenters. The number of hydrogen-bond donors (Lipinski definition) is 3. The van der Waals surface area contributed by atoms with E-state index in [4.69, 9.17) is 16.9 Å². The maximum absolute atomic E-state index is 7.91. The summed E-state index contributed by atoms with van der Waals surface area (Å²) < 4.78 is 0. The minimum atomic E-state index is -0.0112. The number of aliphatic imine (C=N–C) groups is 1. The number of piperidine rings is 1. The van der Waals surface area contributed by atoms with Crippen molar-refractivity contribution in [1.29, 1.82) is 5.41 Å². The number of rotatable bonds is 0. The van der Waals surface area contributed by atoms with Gasteiger partial charge in [-0.15, -0.1) is 0 Å². The third-order valence-corrected chi connectivity index (χ3v) is 3.75. The second kappa shape index (κ2) is 4.72. The zero-order valence-corrected chi connectivity index (χ0v) is 9.65. The van der Waals surface area contributed by atoms with Crippen molar-refractivity contribution in [2.24, 2.45) is 22.4 Å². The van der Waals surface area contributed by atoms with Crippen LogP contribution in [0.2, 0.25) is 0 Å². The first kappa shape index (κ1) is 11.2. The lowest BCUT2D eigenvalue weighted by Crippen LogP contribution is -2.49. The molecule has 0 aromatic heterocycles. The highest BCUT2D eigenvalue weighted by atomic mass is 15.3. The van der Waals surface area contributed by atoms with Crippen molar-refractivity contribution in [3.05, 3.63) is 0 Å². The first-order valence-electron chi connectivity index (χ1n) is 6.13. The molecule has 1 aliphatic heterocycles. The standard InChI is InChI=1S/C11H21N5/c12-10(13)15-11(14)16-7-3-5-8-4-1-2-6-9(8)16/h8-9H,1-7H2,(H5,12,13,14,15). The molecule has 0 radical (unpaired) electrons. The Morgan fingerprint density at radius 3 is 2.56 bits per heavy atom. The van der Waals surface area contributed by atoms with E-state index in [2.05, 4.69) is 9.89 Å². The molecule has 0 aromatic carbocycles. The fourth-order valence-corrected chi connectivity index (χ4v) is 3.07. The summed E-state index contributed by atoms with van der Waals surface area (Å²) in [7, 11) is 0. The Morgan fingerprint density at radius 2 is 1.81 bits per heavy atom. The number of fused-ring (bicyclic) bond motifs is 1. The molecule has 5 nitrogen and oxygen atoms in total. The van der Waals surface area contributed by atoms with Gasteiger partial charge in [0.2, 0.25) is 5.96 Å². The molecule has 2 aliphatic rings. The molecule has 1 saturated carbocycles. The highest BCUT2D eigenvalue weighted by Crippen LogP contribution is 2.35. The quantitative estimate of drug-likeness (QED) is 0.420. The Kier molecular flexibility index (Phi) is 3.31. The number of nitrogens with two attached hydrogens (primary N) is 2. The second-order valence-corrected chi connectivity index (χ2v) is 4.81. The van der Waals surface area contributed by atoms with Crippen molar-refractivity contribution in [2.45, 2.75) is 44.6 Å². The van der Waals surface area contributed by atoms with Crippen molar-refractivity contribution < 1.29 is 0 Å². The average Bonchev–Trinajstić information content (AvgIpc) is 2.27. The molecule has 16 heavy (non-hydrogen) atoms. The number of guanidine groups is 2. The number of nitrogens with one attached hydrogen (secondary N) is 1. The zero-order chi connectivity index (χ0) is 11.5. The fourth-order valence-electron chi connectivity index (χ4n) is 3.07. The zero-order valence-electron chi connectivity index (χ0n) is 9.65. The molecule has 1 saturated heterocycles. The maximum Gasteiger partial charge on any atom is 0.221 e. The van der Waals surface area contributed by atoms with E-state index in [1.807, 2.05) is 0 Å². The van der Waals surface area contributed by atoms with Crippen LogP contribution in [0, 0.1) is 11.3 Å². The Bertz CT molecular complexity index is 293. The Labute approximate surface area is 96.4 Å². The molecule has 5 N–H and O–H groups in total. The molecule has 0 bridgehead atoms. The van der Waals surface area contributed by atoms with E-state index >= 15 is 0 Å². The van der Waals surface area contributed by atoms with Crippen LogP contribution in [0.4, 0.5) is 0 Å². The molecule has 2 fully saturated rings. The summed E-state index contributed by atoms with van der Waals surface area (Å²) in [5.74, 6) is 0.983. The van der Waals surface area contributed by atoms with Crippen LogP contribution in [0.1, 0.15) is 38.5 Å². The molecule has 0 amide bonds. The van der Waals surface area contributed by atoms with E-state index in [0.717, 1.165) is 18.9 Å². The van der Waals surface area contributed by atoms with Gasteiger partial charge in [-0.25, -0.2) is 0 Å². The van der Waals surface area contributed by atoms with Gasteiger partial charge >= 0.3 is 0 Å². The molecule has 2 unspecified atom stereocenters. The average molecular weight is 223 g/mol. The van der Waals surface area contributed by atoms with E-state index in [1.54, 1.807) is 0 Å². The summed E-state index contributed by atoms with van der Waals surface area (Å²) >= 11 is 0. The van der Waals surface area contributed by atoms with Gasteiger partial charge in [0.05, 0.1) is 0 Å².